The van der Waals surface area contributed by atoms with Gasteiger partial charge in [0.05, 0.1) is 22.5 Å². The fourth-order valence-electron chi connectivity index (χ4n) is 2.57. The van der Waals surface area contributed by atoms with Crippen molar-refractivity contribution in [2.24, 2.45) is 0 Å². The van der Waals surface area contributed by atoms with Gasteiger partial charge in [0.25, 0.3) is 11.5 Å². The van der Waals surface area contributed by atoms with Gasteiger partial charge in [-0.1, -0.05) is 11.6 Å². The fourth-order valence-corrected chi connectivity index (χ4v) is 3.83. The highest BCUT2D eigenvalue weighted by atomic mass is 35.5. The number of halogens is 1. The first-order valence-electron chi connectivity index (χ1n) is 7.73. The second kappa shape index (κ2) is 7.06. The number of amides is 1. The molecule has 136 valence electrons. The van der Waals surface area contributed by atoms with E-state index in [1.54, 1.807) is 6.92 Å². The number of aromatic nitrogens is 2. The molecule has 0 spiro atoms. The third kappa shape index (κ3) is 3.57. The number of benzene rings is 1. The van der Waals surface area contributed by atoms with Crippen molar-refractivity contribution in [2.75, 3.05) is 19.4 Å². The van der Waals surface area contributed by atoms with Crippen molar-refractivity contribution in [3.05, 3.63) is 49.8 Å². The number of thiophene rings is 1. The maximum absolute atomic E-state index is 12.6. The maximum atomic E-state index is 12.6. The Balaban J connectivity index is 2.01. The third-order valence-electron chi connectivity index (χ3n) is 3.73. The lowest BCUT2D eigenvalue weighted by atomic mass is 10.2. The molecule has 7 nitrogen and oxygen atoms in total. The molecule has 9 heteroatoms. The molecule has 0 saturated carbocycles. The Hall–Kier alpha value is -2.42. The van der Waals surface area contributed by atoms with E-state index in [1.807, 2.05) is 19.0 Å². The Morgan fingerprint density at radius 3 is 2.85 bits per heavy atom. The number of phenolic OH excluding ortho intramolecular Hbond substituents is 1. The second-order valence-electron chi connectivity index (χ2n) is 6.10. The molecule has 0 aliphatic carbocycles. The number of phenols is 1. The highest BCUT2D eigenvalue weighted by molar-refractivity contribution is 7.20. The molecule has 1 aromatic carbocycles. The van der Waals surface area contributed by atoms with E-state index in [1.165, 1.54) is 18.2 Å². The summed E-state index contributed by atoms with van der Waals surface area (Å²) in [4.78, 5) is 35.0. The number of carbonyl (C=O) groups excluding carboxylic acids is 1. The van der Waals surface area contributed by atoms with Gasteiger partial charge in [0.2, 0.25) is 0 Å². The molecule has 2 heterocycles. The standard InChI is InChI=1S/C17H17ClN4O3S/c1-8-13-15(24)20-12(7-22(2)3)21-17(13)26-14(8)16(25)19-10-6-9(18)4-5-11(10)23/h4-6,23H,7H2,1-3H3,(H,19,25)(H,20,21,24). The number of anilines is 1. The van der Waals surface area contributed by atoms with Gasteiger partial charge in [-0.2, -0.15) is 0 Å². The fraction of sp³-hybridized carbons (Fsp3) is 0.235. The number of nitrogens with zero attached hydrogens (tertiary/aromatic N) is 2. The van der Waals surface area contributed by atoms with Crippen molar-refractivity contribution in [1.29, 1.82) is 0 Å². The summed E-state index contributed by atoms with van der Waals surface area (Å²) in [5, 5.41) is 13.3. The molecule has 0 fully saturated rings. The summed E-state index contributed by atoms with van der Waals surface area (Å²) in [6.45, 7) is 2.19. The molecule has 0 bridgehead atoms. The van der Waals surface area contributed by atoms with Crippen LogP contribution in [-0.2, 0) is 6.54 Å². The predicted octanol–water partition coefficient (Wildman–Crippen LogP) is 2.97. The summed E-state index contributed by atoms with van der Waals surface area (Å²) in [6.07, 6.45) is 0. The Morgan fingerprint density at radius 1 is 1.42 bits per heavy atom. The molecule has 3 N–H and O–H groups in total. The van der Waals surface area contributed by atoms with E-state index in [-0.39, 0.29) is 17.0 Å². The van der Waals surface area contributed by atoms with Gasteiger partial charge in [-0.15, -0.1) is 11.3 Å². The number of hydrogen-bond acceptors (Lipinski definition) is 6. The quantitative estimate of drug-likeness (QED) is 0.593. The number of aromatic amines is 1. The van der Waals surface area contributed by atoms with Crippen molar-refractivity contribution in [3.8, 4) is 5.75 Å². The smallest absolute Gasteiger partial charge is 0.266 e. The van der Waals surface area contributed by atoms with Gasteiger partial charge < -0.3 is 20.3 Å². The monoisotopic (exact) mass is 392 g/mol. The molecule has 0 aliphatic heterocycles. The third-order valence-corrected chi connectivity index (χ3v) is 5.15. The minimum absolute atomic E-state index is 0.0919. The number of aryl methyl sites for hydroxylation is 1. The number of H-pyrrole nitrogens is 1. The van der Waals surface area contributed by atoms with Gasteiger partial charge in [0, 0.05) is 5.02 Å². The van der Waals surface area contributed by atoms with Crippen LogP contribution in [0.4, 0.5) is 5.69 Å². The SMILES string of the molecule is Cc1c(C(=O)Nc2cc(Cl)ccc2O)sc2nc(CN(C)C)[nH]c(=O)c12. The predicted molar refractivity (Wildman–Crippen MR) is 103 cm³/mol. The highest BCUT2D eigenvalue weighted by Crippen LogP contribution is 2.30. The molecule has 0 atom stereocenters. The number of carbonyl (C=O) groups is 1. The minimum Gasteiger partial charge on any atom is -0.506 e. The summed E-state index contributed by atoms with van der Waals surface area (Å²) < 4.78 is 0. The van der Waals surface area contributed by atoms with E-state index in [4.69, 9.17) is 11.6 Å². The number of nitrogens with one attached hydrogen (secondary N) is 2. The van der Waals surface area contributed by atoms with E-state index in [0.717, 1.165) is 11.3 Å². The average Bonchev–Trinajstić information content (AvgIpc) is 2.87. The topological polar surface area (TPSA) is 98.3 Å². The van der Waals surface area contributed by atoms with Crippen LogP contribution in [0.25, 0.3) is 10.2 Å². The first kappa shape index (κ1) is 18.4. The lowest BCUT2D eigenvalue weighted by Crippen LogP contribution is -2.18. The molecule has 3 aromatic rings. The van der Waals surface area contributed by atoms with Crippen LogP contribution >= 0.6 is 22.9 Å². The summed E-state index contributed by atoms with van der Waals surface area (Å²) in [5.41, 5.74) is 0.481. The largest absolute Gasteiger partial charge is 0.506 e. The van der Waals surface area contributed by atoms with Crippen molar-refractivity contribution in [3.63, 3.8) is 0 Å². The molecule has 0 radical (unpaired) electrons. The van der Waals surface area contributed by atoms with Crippen LogP contribution < -0.4 is 10.9 Å². The van der Waals surface area contributed by atoms with Crippen molar-refractivity contribution in [2.45, 2.75) is 13.5 Å². The lowest BCUT2D eigenvalue weighted by Gasteiger charge is -2.07. The Morgan fingerprint density at radius 2 is 2.15 bits per heavy atom. The van der Waals surface area contributed by atoms with Crippen LogP contribution in [0, 0.1) is 6.92 Å². The second-order valence-corrected chi connectivity index (χ2v) is 7.54. The van der Waals surface area contributed by atoms with E-state index < -0.39 is 5.91 Å². The first-order valence-corrected chi connectivity index (χ1v) is 8.92. The van der Waals surface area contributed by atoms with Crippen molar-refractivity contribution >= 4 is 44.7 Å². The van der Waals surface area contributed by atoms with Gasteiger partial charge >= 0.3 is 0 Å². The Bertz CT molecular complexity index is 1060. The zero-order chi connectivity index (χ0) is 19.0. The molecule has 0 aliphatic rings. The number of rotatable bonds is 4. The lowest BCUT2D eigenvalue weighted by molar-refractivity contribution is 0.102. The van der Waals surface area contributed by atoms with Gasteiger partial charge in [-0.05, 0) is 44.8 Å². The number of fused-ring (bicyclic) bond motifs is 1. The van der Waals surface area contributed by atoms with Gasteiger partial charge in [0.1, 0.15) is 16.4 Å². The Kier molecular flexibility index (Phi) is 4.99. The molecule has 2 aromatic heterocycles. The maximum Gasteiger partial charge on any atom is 0.266 e. The molecule has 26 heavy (non-hydrogen) atoms. The summed E-state index contributed by atoms with van der Waals surface area (Å²) >= 11 is 7.04. The molecule has 0 unspecified atom stereocenters. The molecular weight excluding hydrogens is 376 g/mol. The number of aromatic hydroxyl groups is 1. The highest BCUT2D eigenvalue weighted by Gasteiger charge is 2.20. The zero-order valence-electron chi connectivity index (χ0n) is 14.4. The van der Waals surface area contributed by atoms with Crippen LogP contribution in [0.3, 0.4) is 0 Å². The molecule has 0 saturated heterocycles. The van der Waals surface area contributed by atoms with Gasteiger partial charge in [0.15, 0.2) is 0 Å². The van der Waals surface area contributed by atoms with Crippen molar-refractivity contribution < 1.29 is 9.90 Å². The summed E-state index contributed by atoms with van der Waals surface area (Å²) in [7, 11) is 3.75. The minimum atomic E-state index is -0.434. The van der Waals surface area contributed by atoms with Crippen LogP contribution in [-0.4, -0.2) is 40.0 Å². The first-order chi connectivity index (χ1) is 12.3. The van der Waals surface area contributed by atoms with Crippen LogP contribution in [0.15, 0.2) is 23.0 Å². The number of hydrogen-bond donors (Lipinski definition) is 3. The zero-order valence-corrected chi connectivity index (χ0v) is 16.0. The van der Waals surface area contributed by atoms with E-state index >= 15 is 0 Å². The van der Waals surface area contributed by atoms with E-state index in [2.05, 4.69) is 15.3 Å². The molecular formula is C17H17ClN4O3S. The van der Waals surface area contributed by atoms with Crippen LogP contribution in [0.2, 0.25) is 5.02 Å². The van der Waals surface area contributed by atoms with Crippen LogP contribution in [0.5, 0.6) is 5.75 Å². The molecule has 3 rings (SSSR count). The Labute approximate surface area is 158 Å². The van der Waals surface area contributed by atoms with Gasteiger partial charge in [-0.3, -0.25) is 9.59 Å². The molecule has 1 amide bonds. The normalized spacial score (nSPS) is 11.3. The van der Waals surface area contributed by atoms with E-state index in [9.17, 15) is 14.7 Å². The van der Waals surface area contributed by atoms with Gasteiger partial charge in [-0.25, -0.2) is 4.98 Å². The summed E-state index contributed by atoms with van der Waals surface area (Å²) in [5.74, 6) is 0.00979. The van der Waals surface area contributed by atoms with E-state index in [0.29, 0.717) is 38.0 Å². The van der Waals surface area contributed by atoms with Crippen LogP contribution in [0.1, 0.15) is 21.1 Å². The van der Waals surface area contributed by atoms with Crippen molar-refractivity contribution in [1.82, 2.24) is 14.9 Å². The summed E-state index contributed by atoms with van der Waals surface area (Å²) in [6, 6.07) is 4.38. The average molecular weight is 393 g/mol.